The fraction of sp³-hybridized carbons (Fsp3) is 0.484. The predicted octanol–water partition coefficient (Wildman–Crippen LogP) is 7.52. The predicted molar refractivity (Wildman–Crippen MR) is 166 cm³/mol. The van der Waals surface area contributed by atoms with E-state index in [2.05, 4.69) is 49.1 Å². The zero-order chi connectivity index (χ0) is 29.9. The van der Waals surface area contributed by atoms with Crippen LogP contribution in [0.2, 0.25) is 23.2 Å². The van der Waals surface area contributed by atoms with E-state index < -0.39 is 13.7 Å². The van der Waals surface area contributed by atoms with Crippen LogP contribution in [0.1, 0.15) is 62.1 Å². The molecule has 2 fully saturated rings. The number of benzene rings is 2. The number of amides is 1. The third kappa shape index (κ3) is 5.59. The zero-order valence-corrected chi connectivity index (χ0v) is 27.2. The van der Waals surface area contributed by atoms with Crippen LogP contribution in [-0.2, 0) is 14.6 Å². The van der Waals surface area contributed by atoms with Crippen molar-refractivity contribution in [1.82, 2.24) is 9.88 Å². The first-order chi connectivity index (χ1) is 19.9. The first kappa shape index (κ1) is 29.6. The van der Waals surface area contributed by atoms with Crippen molar-refractivity contribution in [2.45, 2.75) is 75.7 Å². The van der Waals surface area contributed by atoms with E-state index in [1.54, 1.807) is 18.3 Å². The van der Waals surface area contributed by atoms with Gasteiger partial charge in [0.2, 0.25) is 12.7 Å². The second-order valence-electron chi connectivity index (χ2n) is 13.0. The van der Waals surface area contributed by atoms with E-state index in [0.29, 0.717) is 33.8 Å². The molecule has 0 bridgehead atoms. The highest BCUT2D eigenvalue weighted by molar-refractivity contribution is 7.15. The Bertz CT molecular complexity index is 1510. The van der Waals surface area contributed by atoms with Gasteiger partial charge in [0, 0.05) is 34.7 Å². The second-order valence-corrected chi connectivity index (χ2v) is 19.3. The number of rotatable bonds is 8. The number of nitrogens with zero attached hydrogens (tertiary/aromatic N) is 2. The smallest absolute Gasteiger partial charge is 0.236 e. The van der Waals surface area contributed by atoms with Gasteiger partial charge in [-0.2, -0.15) is 0 Å². The summed E-state index contributed by atoms with van der Waals surface area (Å²) in [6.45, 7) is 12.9. The van der Waals surface area contributed by atoms with Gasteiger partial charge in [-0.1, -0.05) is 55.8 Å². The Morgan fingerprint density at radius 2 is 1.98 bits per heavy atom. The molecule has 0 spiro atoms. The first-order valence-electron chi connectivity index (χ1n) is 14.4. The third-order valence-corrected chi connectivity index (χ3v) is 14.9. The number of nitrogens with one attached hydrogen (secondary N) is 1. The van der Waals surface area contributed by atoms with Gasteiger partial charge >= 0.3 is 0 Å². The minimum absolute atomic E-state index is 0.0762. The first-order valence-corrected chi connectivity index (χ1v) is 18.5. The van der Waals surface area contributed by atoms with Gasteiger partial charge in [-0.05, 0) is 67.2 Å². The van der Waals surface area contributed by atoms with E-state index in [1.165, 1.54) is 17.4 Å². The van der Waals surface area contributed by atoms with Gasteiger partial charge < -0.3 is 19.2 Å². The van der Waals surface area contributed by atoms with Crippen molar-refractivity contribution < 1.29 is 23.1 Å². The van der Waals surface area contributed by atoms with Crippen LogP contribution in [0.5, 0.6) is 11.5 Å². The maximum absolute atomic E-state index is 15.4. The molecule has 3 aliphatic rings. The molecule has 1 amide bonds. The van der Waals surface area contributed by atoms with Crippen molar-refractivity contribution in [3.8, 4) is 11.5 Å². The molecule has 11 heteroatoms. The third-order valence-electron chi connectivity index (χ3n) is 9.19. The number of hydrogen-bond donors (Lipinski definition) is 1. The molecular weight excluding hydrogens is 593 g/mol. The van der Waals surface area contributed by atoms with E-state index in [1.807, 2.05) is 18.2 Å². The van der Waals surface area contributed by atoms with Crippen LogP contribution in [0, 0.1) is 5.82 Å². The van der Waals surface area contributed by atoms with Crippen LogP contribution < -0.4 is 14.8 Å². The largest absolute Gasteiger partial charge is 0.454 e. The molecule has 1 aliphatic carbocycles. The minimum Gasteiger partial charge on any atom is -0.454 e. The number of halogens is 2. The standard InChI is InChI=1S/C31H37ClFN3O4SSi/c1-30(2,3)42(4,5)40-21-10-13-36(17-21)27(22-8-7-20(32)15-23(22)33)26-16-34-29(41-26)35-28(37)31(11-12-31)19-6-9-24-25(14-19)39-18-38-24/h6-9,14-16,21,27H,10-13,17-18H2,1-5H3,(H,34,35,37)/t21-,27+/m1/s1. The lowest BCUT2D eigenvalue weighted by atomic mass is 9.94. The van der Waals surface area contributed by atoms with Gasteiger partial charge in [0.1, 0.15) is 5.82 Å². The molecule has 3 heterocycles. The van der Waals surface area contributed by atoms with Crippen LogP contribution in [0.15, 0.2) is 42.6 Å². The number of aromatic nitrogens is 1. The van der Waals surface area contributed by atoms with Gasteiger partial charge in [-0.15, -0.1) is 0 Å². The number of thiazole rings is 1. The molecule has 0 radical (unpaired) electrons. The lowest BCUT2D eigenvalue weighted by Gasteiger charge is -2.38. The molecule has 1 N–H and O–H groups in total. The van der Waals surface area contributed by atoms with Crippen molar-refractivity contribution >= 4 is 42.3 Å². The number of anilines is 1. The summed E-state index contributed by atoms with van der Waals surface area (Å²) in [5.41, 5.74) is 0.831. The average Bonchev–Trinajstić information content (AvgIpc) is 3.22. The molecule has 42 heavy (non-hydrogen) atoms. The Morgan fingerprint density at radius 1 is 1.21 bits per heavy atom. The summed E-state index contributed by atoms with van der Waals surface area (Å²) >= 11 is 7.50. The zero-order valence-electron chi connectivity index (χ0n) is 24.6. The Hall–Kier alpha value is -2.50. The van der Waals surface area contributed by atoms with E-state index >= 15 is 4.39 Å². The molecule has 2 atom stereocenters. The van der Waals surface area contributed by atoms with E-state index in [0.717, 1.165) is 36.2 Å². The summed E-state index contributed by atoms with van der Waals surface area (Å²) in [6, 6.07) is 10.1. The Kier molecular flexibility index (Phi) is 7.67. The SMILES string of the molecule is CC(C)(C)[Si](C)(C)O[C@@H]1CCN([C@H](c2cnc(NC(=O)C3(c4ccc5c(c4)OCO5)CC3)s2)c2ccc(Cl)cc2F)C1. The Labute approximate surface area is 256 Å². The number of carbonyl (C=O) groups is 1. The molecular formula is C31H37ClFN3O4SSi. The van der Waals surface area contributed by atoms with Crippen molar-refractivity contribution in [2.75, 3.05) is 25.2 Å². The quantitative estimate of drug-likeness (QED) is 0.260. The fourth-order valence-corrected chi connectivity index (χ4v) is 8.09. The highest BCUT2D eigenvalue weighted by atomic mass is 35.5. The van der Waals surface area contributed by atoms with E-state index in [4.69, 9.17) is 25.5 Å². The van der Waals surface area contributed by atoms with Crippen LogP contribution >= 0.6 is 22.9 Å². The van der Waals surface area contributed by atoms with Gasteiger partial charge in [-0.3, -0.25) is 9.69 Å². The monoisotopic (exact) mass is 629 g/mol. The van der Waals surface area contributed by atoms with Crippen molar-refractivity contribution in [1.29, 1.82) is 0 Å². The van der Waals surface area contributed by atoms with Gasteiger partial charge in [0.15, 0.2) is 24.9 Å². The fourth-order valence-electron chi connectivity index (χ4n) is 5.58. The maximum Gasteiger partial charge on any atom is 0.236 e. The summed E-state index contributed by atoms with van der Waals surface area (Å²) in [7, 11) is -1.96. The summed E-state index contributed by atoms with van der Waals surface area (Å²) in [5, 5.41) is 4.00. The van der Waals surface area contributed by atoms with Gasteiger partial charge in [0.05, 0.1) is 17.6 Å². The summed E-state index contributed by atoms with van der Waals surface area (Å²) < 4.78 is 33.1. The molecule has 7 nitrogen and oxygen atoms in total. The normalized spacial score (nSPS) is 20.5. The number of hydrogen-bond acceptors (Lipinski definition) is 7. The van der Waals surface area contributed by atoms with Crippen LogP contribution in [0.4, 0.5) is 9.52 Å². The molecule has 2 aromatic carbocycles. The summed E-state index contributed by atoms with van der Waals surface area (Å²) in [4.78, 5) is 21.2. The second kappa shape index (κ2) is 10.9. The number of likely N-dealkylation sites (tertiary alicyclic amines) is 1. The number of carbonyl (C=O) groups excluding carboxylic acids is 1. The maximum atomic E-state index is 15.4. The highest BCUT2D eigenvalue weighted by Gasteiger charge is 2.52. The Balaban J connectivity index is 1.23. The summed E-state index contributed by atoms with van der Waals surface area (Å²) in [6.07, 6.45) is 4.20. The lowest BCUT2D eigenvalue weighted by molar-refractivity contribution is -0.118. The molecule has 224 valence electrons. The average molecular weight is 630 g/mol. The van der Waals surface area contributed by atoms with Crippen LogP contribution in [0.3, 0.4) is 0 Å². The molecule has 2 aliphatic heterocycles. The van der Waals surface area contributed by atoms with Crippen molar-refractivity contribution in [3.63, 3.8) is 0 Å². The number of fused-ring (bicyclic) bond motifs is 1. The van der Waals surface area contributed by atoms with Crippen LogP contribution in [-0.4, -0.2) is 50.1 Å². The van der Waals surface area contributed by atoms with E-state index in [-0.39, 0.29) is 35.7 Å². The summed E-state index contributed by atoms with van der Waals surface area (Å²) in [5.74, 6) is 0.900. The van der Waals surface area contributed by atoms with Crippen molar-refractivity contribution in [3.05, 3.63) is 69.4 Å². The van der Waals surface area contributed by atoms with Crippen LogP contribution in [0.25, 0.3) is 0 Å². The van der Waals surface area contributed by atoms with Gasteiger partial charge in [-0.25, -0.2) is 9.37 Å². The molecule has 1 saturated heterocycles. The van der Waals surface area contributed by atoms with E-state index in [9.17, 15) is 4.79 Å². The molecule has 3 aromatic rings. The molecule has 1 saturated carbocycles. The molecule has 6 rings (SSSR count). The molecule has 0 unspecified atom stereocenters. The van der Waals surface area contributed by atoms with Gasteiger partial charge in [0.25, 0.3) is 0 Å². The molecule has 1 aromatic heterocycles. The minimum atomic E-state index is -1.96. The lowest BCUT2D eigenvalue weighted by Crippen LogP contribution is -2.44. The van der Waals surface area contributed by atoms with Crippen molar-refractivity contribution in [2.24, 2.45) is 0 Å². The highest BCUT2D eigenvalue weighted by Crippen LogP contribution is 2.51. The topological polar surface area (TPSA) is 72.9 Å². The number of ether oxygens (including phenoxy) is 2. The Morgan fingerprint density at radius 3 is 2.69 bits per heavy atom.